The fourth-order valence-corrected chi connectivity index (χ4v) is 2.96. The normalized spacial score (nSPS) is 20.9. The van der Waals surface area contributed by atoms with Crippen LogP contribution in [0.3, 0.4) is 0 Å². The summed E-state index contributed by atoms with van der Waals surface area (Å²) in [6, 6.07) is 7.08. The second-order valence-corrected chi connectivity index (χ2v) is 5.89. The van der Waals surface area contributed by atoms with Crippen LogP contribution in [0.5, 0.6) is 0 Å². The third kappa shape index (κ3) is 3.70. The molecule has 1 fully saturated rings. The molecule has 1 aliphatic heterocycles. The van der Waals surface area contributed by atoms with E-state index in [0.29, 0.717) is 6.04 Å². The molecule has 100 valence electrons. The van der Waals surface area contributed by atoms with Crippen LogP contribution in [-0.2, 0) is 0 Å². The van der Waals surface area contributed by atoms with E-state index >= 15 is 0 Å². The van der Waals surface area contributed by atoms with Crippen LogP contribution in [0, 0.1) is 6.92 Å². The molecule has 1 saturated heterocycles. The van der Waals surface area contributed by atoms with Gasteiger partial charge in [0.05, 0.1) is 0 Å². The Morgan fingerprint density at radius 2 is 2.33 bits per heavy atom. The van der Waals surface area contributed by atoms with Crippen molar-refractivity contribution in [1.29, 1.82) is 0 Å². The Kier molecular flexibility index (Phi) is 5.03. The summed E-state index contributed by atoms with van der Waals surface area (Å²) in [7, 11) is 2.22. The molecule has 3 nitrogen and oxygen atoms in total. The zero-order chi connectivity index (χ0) is 13.0. The monoisotopic (exact) mass is 311 g/mol. The zero-order valence-corrected chi connectivity index (χ0v) is 12.8. The van der Waals surface area contributed by atoms with Gasteiger partial charge in [-0.05, 0) is 54.0 Å². The van der Waals surface area contributed by atoms with E-state index < -0.39 is 0 Å². The number of anilines is 1. The number of benzene rings is 1. The SMILES string of the molecule is Cc1ccc(NCCC2CNCCN2C)c(Br)c1. The van der Waals surface area contributed by atoms with E-state index in [1.54, 1.807) is 0 Å². The number of halogens is 1. The summed E-state index contributed by atoms with van der Waals surface area (Å²) >= 11 is 3.60. The molecule has 2 rings (SSSR count). The molecule has 1 unspecified atom stereocenters. The van der Waals surface area contributed by atoms with Crippen molar-refractivity contribution >= 4 is 21.6 Å². The number of piperazine rings is 1. The van der Waals surface area contributed by atoms with Crippen LogP contribution in [0.15, 0.2) is 22.7 Å². The molecule has 0 aliphatic carbocycles. The van der Waals surface area contributed by atoms with Crippen LogP contribution in [0.1, 0.15) is 12.0 Å². The maximum absolute atomic E-state index is 3.60. The number of rotatable bonds is 4. The van der Waals surface area contributed by atoms with Crippen LogP contribution < -0.4 is 10.6 Å². The predicted octanol–water partition coefficient (Wildman–Crippen LogP) is 2.46. The molecular weight excluding hydrogens is 290 g/mol. The summed E-state index contributed by atoms with van der Waals surface area (Å²) in [5, 5.41) is 6.96. The van der Waals surface area contributed by atoms with Crippen molar-refractivity contribution in [1.82, 2.24) is 10.2 Å². The van der Waals surface area contributed by atoms with E-state index in [0.717, 1.165) is 30.7 Å². The summed E-state index contributed by atoms with van der Waals surface area (Å²) < 4.78 is 1.15. The van der Waals surface area contributed by atoms with Gasteiger partial charge in [-0.15, -0.1) is 0 Å². The molecule has 1 atom stereocenters. The quantitative estimate of drug-likeness (QED) is 0.894. The van der Waals surface area contributed by atoms with E-state index in [1.165, 1.54) is 17.7 Å². The van der Waals surface area contributed by atoms with Gasteiger partial charge < -0.3 is 15.5 Å². The van der Waals surface area contributed by atoms with Gasteiger partial charge in [0, 0.05) is 42.4 Å². The first kappa shape index (κ1) is 13.8. The predicted molar refractivity (Wildman–Crippen MR) is 81.3 cm³/mol. The van der Waals surface area contributed by atoms with E-state index in [9.17, 15) is 0 Å². The summed E-state index contributed by atoms with van der Waals surface area (Å²) in [4.78, 5) is 2.45. The molecule has 1 aromatic rings. The minimum absolute atomic E-state index is 0.649. The van der Waals surface area contributed by atoms with Crippen LogP contribution in [0.2, 0.25) is 0 Å². The molecule has 4 heteroatoms. The highest BCUT2D eigenvalue weighted by Gasteiger charge is 2.17. The second-order valence-electron chi connectivity index (χ2n) is 5.04. The maximum atomic E-state index is 3.60. The Hall–Kier alpha value is -0.580. The van der Waals surface area contributed by atoms with Crippen molar-refractivity contribution in [2.45, 2.75) is 19.4 Å². The van der Waals surface area contributed by atoms with Gasteiger partial charge in [-0.1, -0.05) is 6.07 Å². The third-order valence-electron chi connectivity index (χ3n) is 3.56. The number of nitrogens with one attached hydrogen (secondary N) is 2. The van der Waals surface area contributed by atoms with E-state index in [1.807, 2.05) is 0 Å². The highest BCUT2D eigenvalue weighted by atomic mass is 79.9. The lowest BCUT2D eigenvalue weighted by Crippen LogP contribution is -2.49. The zero-order valence-electron chi connectivity index (χ0n) is 11.2. The maximum Gasteiger partial charge on any atom is 0.0484 e. The highest BCUT2D eigenvalue weighted by Crippen LogP contribution is 2.23. The number of likely N-dealkylation sites (N-methyl/N-ethyl adjacent to an activating group) is 1. The van der Waals surface area contributed by atoms with Gasteiger partial charge in [0.15, 0.2) is 0 Å². The molecule has 0 bridgehead atoms. The molecule has 1 aliphatic rings. The van der Waals surface area contributed by atoms with E-state index in [2.05, 4.69) is 63.6 Å². The highest BCUT2D eigenvalue weighted by molar-refractivity contribution is 9.10. The summed E-state index contributed by atoms with van der Waals surface area (Å²) in [6.07, 6.45) is 1.17. The summed E-state index contributed by atoms with van der Waals surface area (Å²) in [6.45, 7) is 6.49. The van der Waals surface area contributed by atoms with Gasteiger partial charge in [-0.25, -0.2) is 0 Å². The minimum Gasteiger partial charge on any atom is -0.384 e. The van der Waals surface area contributed by atoms with E-state index in [4.69, 9.17) is 0 Å². The fourth-order valence-electron chi connectivity index (χ4n) is 2.32. The number of hydrogen-bond acceptors (Lipinski definition) is 3. The first-order chi connectivity index (χ1) is 8.66. The van der Waals surface area contributed by atoms with Crippen LogP contribution >= 0.6 is 15.9 Å². The molecule has 0 radical (unpaired) electrons. The molecule has 0 saturated carbocycles. The first-order valence-corrected chi connectivity index (χ1v) is 7.37. The molecule has 0 spiro atoms. The van der Waals surface area contributed by atoms with Gasteiger partial charge in [-0.2, -0.15) is 0 Å². The smallest absolute Gasteiger partial charge is 0.0484 e. The minimum atomic E-state index is 0.649. The van der Waals surface area contributed by atoms with Gasteiger partial charge in [0.2, 0.25) is 0 Å². The molecule has 18 heavy (non-hydrogen) atoms. The second kappa shape index (κ2) is 6.55. The van der Waals surface area contributed by atoms with Crippen molar-refractivity contribution in [3.05, 3.63) is 28.2 Å². The van der Waals surface area contributed by atoms with Gasteiger partial charge in [0.25, 0.3) is 0 Å². The third-order valence-corrected chi connectivity index (χ3v) is 4.22. The van der Waals surface area contributed by atoms with Crippen molar-refractivity contribution in [3.63, 3.8) is 0 Å². The summed E-state index contributed by atoms with van der Waals surface area (Å²) in [5.74, 6) is 0. The number of nitrogens with zero attached hydrogens (tertiary/aromatic N) is 1. The van der Waals surface area contributed by atoms with Crippen molar-refractivity contribution < 1.29 is 0 Å². The van der Waals surface area contributed by atoms with Crippen molar-refractivity contribution in [2.75, 3.05) is 38.5 Å². The molecule has 0 aromatic heterocycles. The molecule has 1 aromatic carbocycles. The van der Waals surface area contributed by atoms with Crippen LogP contribution in [-0.4, -0.2) is 44.2 Å². The van der Waals surface area contributed by atoms with Gasteiger partial charge >= 0.3 is 0 Å². The van der Waals surface area contributed by atoms with Gasteiger partial charge in [-0.3, -0.25) is 0 Å². The molecule has 2 N–H and O–H groups in total. The molecule has 1 heterocycles. The van der Waals surface area contributed by atoms with E-state index in [-0.39, 0.29) is 0 Å². The average Bonchev–Trinajstić information content (AvgIpc) is 2.34. The van der Waals surface area contributed by atoms with Gasteiger partial charge in [0.1, 0.15) is 0 Å². The lowest BCUT2D eigenvalue weighted by atomic mass is 10.1. The Morgan fingerprint density at radius 1 is 1.50 bits per heavy atom. The number of hydrogen-bond donors (Lipinski definition) is 2. The fraction of sp³-hybridized carbons (Fsp3) is 0.571. The summed E-state index contributed by atoms with van der Waals surface area (Å²) in [5.41, 5.74) is 2.47. The Morgan fingerprint density at radius 3 is 3.06 bits per heavy atom. The average molecular weight is 312 g/mol. The molecule has 0 amide bonds. The Bertz CT molecular complexity index is 395. The lowest BCUT2D eigenvalue weighted by Gasteiger charge is -2.33. The van der Waals surface area contributed by atoms with Crippen molar-refractivity contribution in [2.24, 2.45) is 0 Å². The van der Waals surface area contributed by atoms with Crippen LogP contribution in [0.25, 0.3) is 0 Å². The van der Waals surface area contributed by atoms with Crippen LogP contribution in [0.4, 0.5) is 5.69 Å². The standard InChI is InChI=1S/C14H22BrN3/c1-11-3-4-14(13(15)9-11)17-6-5-12-10-16-7-8-18(12)2/h3-4,9,12,16-17H,5-8,10H2,1-2H3. The first-order valence-electron chi connectivity index (χ1n) is 6.58. The lowest BCUT2D eigenvalue weighted by molar-refractivity contribution is 0.194. The Labute approximate surface area is 118 Å². The topological polar surface area (TPSA) is 27.3 Å². The Balaban J connectivity index is 1.81. The van der Waals surface area contributed by atoms with Crippen molar-refractivity contribution in [3.8, 4) is 0 Å². The molecular formula is C14H22BrN3. The number of aryl methyl sites for hydroxylation is 1. The largest absolute Gasteiger partial charge is 0.384 e.